The Morgan fingerprint density at radius 3 is 2.46 bits per heavy atom. The number of nitrogen functional groups attached to an aromatic ring is 1. The molecule has 0 radical (unpaired) electrons. The zero-order valence-electron chi connectivity index (χ0n) is 19.6. The van der Waals surface area contributed by atoms with Crippen molar-refractivity contribution in [2.75, 3.05) is 30.3 Å². The van der Waals surface area contributed by atoms with Crippen LogP contribution in [-0.2, 0) is 10.9 Å². The second-order valence-electron chi connectivity index (χ2n) is 9.44. The van der Waals surface area contributed by atoms with Gasteiger partial charge in [0.1, 0.15) is 22.6 Å². The number of anilines is 2. The molecular weight excluding hydrogens is 473 g/mol. The van der Waals surface area contributed by atoms with Crippen molar-refractivity contribution < 1.29 is 36.2 Å². The van der Waals surface area contributed by atoms with Crippen LogP contribution in [0.5, 0.6) is 11.5 Å². The Morgan fingerprint density at radius 1 is 1.14 bits per heavy atom. The van der Waals surface area contributed by atoms with Gasteiger partial charge in [-0.3, -0.25) is 0 Å². The maximum atomic E-state index is 15.6. The highest BCUT2D eigenvalue weighted by Gasteiger charge is 2.43. The van der Waals surface area contributed by atoms with Gasteiger partial charge in [0.25, 0.3) is 0 Å². The number of nitrogens with two attached hydrogens (primary N) is 1. The smallest absolute Gasteiger partial charge is 0.422 e. The molecule has 0 unspecified atom stereocenters. The van der Waals surface area contributed by atoms with E-state index in [1.165, 1.54) is 29.2 Å². The summed E-state index contributed by atoms with van der Waals surface area (Å²) >= 11 is 0. The number of benzene rings is 2. The number of nitrogens with zero attached hydrogens (tertiary/aromatic N) is 1. The number of halogens is 5. The molecule has 3 N–H and O–H groups in total. The molecule has 0 bridgehead atoms. The lowest BCUT2D eigenvalue weighted by molar-refractivity contribution is -0.138. The minimum absolute atomic E-state index is 0.0198. The molecule has 0 aliphatic carbocycles. The Hall–Kier alpha value is -3.24. The van der Waals surface area contributed by atoms with E-state index in [0.29, 0.717) is 0 Å². The monoisotopic (exact) mass is 501 g/mol. The predicted molar refractivity (Wildman–Crippen MR) is 122 cm³/mol. The summed E-state index contributed by atoms with van der Waals surface area (Å²) in [7, 11) is 0. The van der Waals surface area contributed by atoms with Gasteiger partial charge in [-0.1, -0.05) is 12.1 Å². The molecule has 1 atom stereocenters. The standard InChI is InChI=1S/C24H28F5N3O3/c1-22(2,3)35-21(33)31-13-23(26)11-6-12-32(14-23)20-16(30)9-10-18(19(20)24(27,28)29)34-17-8-5-4-7-15(17)25/h4-5,7-10H,6,11-14,30H2,1-3H3,(H,31,33)/t23-/m1/s1. The number of amides is 1. The van der Waals surface area contributed by atoms with Crippen LogP contribution in [0, 0.1) is 5.82 Å². The van der Waals surface area contributed by atoms with Gasteiger partial charge in [0.15, 0.2) is 11.6 Å². The molecule has 1 heterocycles. The van der Waals surface area contributed by atoms with Crippen molar-refractivity contribution in [1.82, 2.24) is 5.32 Å². The maximum Gasteiger partial charge on any atom is 0.422 e. The third-order valence-corrected chi connectivity index (χ3v) is 5.30. The average Bonchev–Trinajstić information content (AvgIpc) is 2.73. The number of hydrogen-bond acceptors (Lipinski definition) is 5. The third kappa shape index (κ3) is 6.67. The van der Waals surface area contributed by atoms with E-state index in [2.05, 4.69) is 5.32 Å². The molecule has 35 heavy (non-hydrogen) atoms. The minimum atomic E-state index is -4.93. The van der Waals surface area contributed by atoms with Gasteiger partial charge in [0.2, 0.25) is 0 Å². The molecule has 1 aliphatic rings. The van der Waals surface area contributed by atoms with E-state index in [4.69, 9.17) is 15.2 Å². The molecule has 2 aromatic carbocycles. The van der Waals surface area contributed by atoms with E-state index >= 15 is 4.39 Å². The SMILES string of the molecule is CC(C)(C)OC(=O)NC[C@]1(F)CCCN(c2c(N)ccc(Oc3ccccc3F)c2C(F)(F)F)C1. The van der Waals surface area contributed by atoms with Crippen LogP contribution in [0.15, 0.2) is 36.4 Å². The zero-order valence-corrected chi connectivity index (χ0v) is 19.6. The van der Waals surface area contributed by atoms with Crippen molar-refractivity contribution >= 4 is 17.5 Å². The Morgan fingerprint density at radius 2 is 1.83 bits per heavy atom. The van der Waals surface area contributed by atoms with Gasteiger partial charge in [-0.05, 0) is 57.9 Å². The number of para-hydroxylation sites is 1. The first-order valence-electron chi connectivity index (χ1n) is 11.0. The topological polar surface area (TPSA) is 76.8 Å². The zero-order chi connectivity index (χ0) is 26.0. The molecule has 6 nitrogen and oxygen atoms in total. The van der Waals surface area contributed by atoms with Gasteiger partial charge < -0.3 is 25.4 Å². The van der Waals surface area contributed by atoms with E-state index in [1.54, 1.807) is 20.8 Å². The fourth-order valence-corrected chi connectivity index (χ4v) is 3.90. The van der Waals surface area contributed by atoms with Crippen LogP contribution in [-0.4, -0.2) is 37.0 Å². The summed E-state index contributed by atoms with van der Waals surface area (Å²) in [6.07, 6.45) is -5.54. The first-order chi connectivity index (χ1) is 16.2. The first kappa shape index (κ1) is 26.4. The van der Waals surface area contributed by atoms with E-state index in [-0.39, 0.29) is 25.1 Å². The lowest BCUT2D eigenvalue weighted by atomic mass is 9.93. The van der Waals surface area contributed by atoms with Gasteiger partial charge >= 0.3 is 12.3 Å². The van der Waals surface area contributed by atoms with Crippen LogP contribution in [0.3, 0.4) is 0 Å². The van der Waals surface area contributed by atoms with E-state index in [0.717, 1.165) is 12.1 Å². The Balaban J connectivity index is 1.91. The average molecular weight is 501 g/mol. The number of carbonyl (C=O) groups excluding carboxylic acids is 1. The summed E-state index contributed by atoms with van der Waals surface area (Å²) in [4.78, 5) is 13.1. The highest BCUT2D eigenvalue weighted by molar-refractivity contribution is 5.76. The van der Waals surface area contributed by atoms with Crippen molar-refractivity contribution in [3.05, 3.63) is 47.8 Å². The number of alkyl halides is 4. The normalized spacial score (nSPS) is 18.8. The molecule has 0 aromatic heterocycles. The molecule has 2 aromatic rings. The molecule has 1 amide bonds. The fourth-order valence-electron chi connectivity index (χ4n) is 3.90. The van der Waals surface area contributed by atoms with Crippen LogP contribution < -0.4 is 20.7 Å². The summed E-state index contributed by atoms with van der Waals surface area (Å²) in [6.45, 7) is 4.13. The van der Waals surface area contributed by atoms with Gasteiger partial charge in [-0.25, -0.2) is 13.6 Å². The van der Waals surface area contributed by atoms with Gasteiger partial charge in [-0.15, -0.1) is 0 Å². The number of carbonyl (C=O) groups is 1. The number of ether oxygens (including phenoxy) is 2. The van der Waals surface area contributed by atoms with Crippen LogP contribution in [0.1, 0.15) is 39.2 Å². The third-order valence-electron chi connectivity index (χ3n) is 5.30. The molecule has 192 valence electrons. The molecule has 1 saturated heterocycles. The second kappa shape index (κ2) is 9.79. The number of nitrogens with one attached hydrogen (secondary N) is 1. The highest BCUT2D eigenvalue weighted by Crippen LogP contribution is 2.48. The lowest BCUT2D eigenvalue weighted by Crippen LogP contribution is -2.52. The van der Waals surface area contributed by atoms with E-state index in [9.17, 15) is 22.4 Å². The predicted octanol–water partition coefficient (Wildman–Crippen LogP) is 6.05. The van der Waals surface area contributed by atoms with Crippen molar-refractivity contribution in [1.29, 1.82) is 0 Å². The largest absolute Gasteiger partial charge is 0.454 e. The molecule has 11 heteroatoms. The number of piperidine rings is 1. The maximum absolute atomic E-state index is 15.6. The van der Waals surface area contributed by atoms with Crippen LogP contribution in [0.4, 0.5) is 38.1 Å². The highest BCUT2D eigenvalue weighted by atomic mass is 19.4. The van der Waals surface area contributed by atoms with Crippen molar-refractivity contribution in [3.63, 3.8) is 0 Å². The molecule has 1 fully saturated rings. The molecular formula is C24H28F5N3O3. The summed E-state index contributed by atoms with van der Waals surface area (Å²) in [5, 5.41) is 2.35. The van der Waals surface area contributed by atoms with Crippen molar-refractivity contribution in [2.45, 2.75) is 51.1 Å². The first-order valence-corrected chi connectivity index (χ1v) is 11.0. The van der Waals surface area contributed by atoms with Crippen LogP contribution in [0.25, 0.3) is 0 Å². The molecule has 0 saturated carbocycles. The number of hydrogen-bond donors (Lipinski definition) is 2. The summed E-state index contributed by atoms with van der Waals surface area (Å²) in [5.74, 6) is -1.89. The molecule has 0 spiro atoms. The van der Waals surface area contributed by atoms with Crippen LogP contribution in [0.2, 0.25) is 0 Å². The van der Waals surface area contributed by atoms with Gasteiger partial charge in [0.05, 0.1) is 24.5 Å². The van der Waals surface area contributed by atoms with Gasteiger partial charge in [0, 0.05) is 6.54 Å². The Bertz CT molecular complexity index is 1070. The summed E-state index contributed by atoms with van der Waals surface area (Å²) < 4.78 is 82.8. The van der Waals surface area contributed by atoms with Gasteiger partial charge in [-0.2, -0.15) is 13.2 Å². The Kier molecular flexibility index (Phi) is 7.37. The second-order valence-corrected chi connectivity index (χ2v) is 9.44. The van der Waals surface area contributed by atoms with E-state index < -0.39 is 65.2 Å². The Labute approximate surface area is 200 Å². The molecule has 3 rings (SSSR count). The number of rotatable bonds is 5. The lowest BCUT2D eigenvalue weighted by Gasteiger charge is -2.40. The minimum Gasteiger partial charge on any atom is -0.454 e. The van der Waals surface area contributed by atoms with Crippen molar-refractivity contribution in [2.24, 2.45) is 0 Å². The van der Waals surface area contributed by atoms with Crippen molar-refractivity contribution in [3.8, 4) is 11.5 Å². The fraction of sp³-hybridized carbons (Fsp3) is 0.458. The summed E-state index contributed by atoms with van der Waals surface area (Å²) in [5.41, 5.74) is 1.19. The quantitative estimate of drug-likeness (QED) is 0.385. The molecule has 1 aliphatic heterocycles. The summed E-state index contributed by atoms with van der Waals surface area (Å²) in [6, 6.07) is 7.26. The van der Waals surface area contributed by atoms with E-state index in [1.807, 2.05) is 0 Å². The van der Waals surface area contributed by atoms with Crippen LogP contribution >= 0.6 is 0 Å². The number of alkyl carbamates (subject to hydrolysis) is 1.